The van der Waals surface area contributed by atoms with Crippen LogP contribution in [0.15, 0.2) is 73.1 Å². The summed E-state index contributed by atoms with van der Waals surface area (Å²) in [5.41, 5.74) is 3.64. The maximum atomic E-state index is 2.22. The third kappa shape index (κ3) is 3.90. The summed E-state index contributed by atoms with van der Waals surface area (Å²) in [5, 5.41) is 2.54. The Kier molecular flexibility index (Phi) is 4.76. The van der Waals surface area contributed by atoms with Gasteiger partial charge in [-0.3, -0.25) is 0 Å². The van der Waals surface area contributed by atoms with Crippen LogP contribution in [0, 0.1) is 0 Å². The van der Waals surface area contributed by atoms with E-state index in [2.05, 4.69) is 104 Å². The minimum atomic E-state index is 1.20. The molecule has 0 spiro atoms. The molecule has 0 N–H and O–H groups in total. The van der Waals surface area contributed by atoms with Gasteiger partial charge >= 0.3 is 0 Å². The van der Waals surface area contributed by atoms with Crippen LogP contribution in [0.25, 0.3) is 22.9 Å². The molecule has 24 heavy (non-hydrogen) atoms. The van der Waals surface area contributed by atoms with E-state index in [0.29, 0.717) is 0 Å². The fourth-order valence-electron chi connectivity index (χ4n) is 2.59. The summed E-state index contributed by atoms with van der Waals surface area (Å²) in [6.07, 6.45) is 12.5. The van der Waals surface area contributed by atoms with Crippen molar-refractivity contribution in [2.45, 2.75) is 0 Å². The van der Waals surface area contributed by atoms with Crippen LogP contribution in [0.3, 0.4) is 0 Å². The Hall–Kier alpha value is -2.87. The number of rotatable bonds is 4. The average molecular weight is 315 g/mol. The molecule has 120 valence electrons. The summed E-state index contributed by atoms with van der Waals surface area (Å²) in [5.74, 6) is 0. The number of pyridine rings is 1. The van der Waals surface area contributed by atoms with Crippen molar-refractivity contribution in [2.24, 2.45) is 7.05 Å². The molecule has 0 bridgehead atoms. The van der Waals surface area contributed by atoms with Crippen molar-refractivity contribution in [3.8, 4) is 0 Å². The van der Waals surface area contributed by atoms with Gasteiger partial charge in [0, 0.05) is 31.9 Å². The number of anilines is 1. The molecular weight excluding hydrogens is 292 g/mol. The molecule has 0 fully saturated rings. The molecule has 0 aliphatic heterocycles. The minimum absolute atomic E-state index is 1.20. The zero-order chi connectivity index (χ0) is 16.9. The molecule has 3 aromatic rings. The lowest BCUT2D eigenvalue weighted by Gasteiger charge is -2.13. The molecule has 0 saturated carbocycles. The lowest BCUT2D eigenvalue weighted by atomic mass is 10.1. The van der Waals surface area contributed by atoms with E-state index in [1.165, 1.54) is 27.6 Å². The molecule has 1 heterocycles. The fraction of sp³-hybridized carbons (Fsp3) is 0.136. The molecule has 2 aromatic carbocycles. The van der Waals surface area contributed by atoms with E-state index in [4.69, 9.17) is 0 Å². The van der Waals surface area contributed by atoms with Gasteiger partial charge in [-0.05, 0) is 40.1 Å². The van der Waals surface area contributed by atoms with Gasteiger partial charge in [-0.2, -0.15) is 0 Å². The van der Waals surface area contributed by atoms with Crippen LogP contribution >= 0.6 is 0 Å². The molecule has 0 unspecified atom stereocenters. The Morgan fingerprint density at radius 1 is 0.750 bits per heavy atom. The van der Waals surface area contributed by atoms with Crippen LogP contribution < -0.4 is 9.47 Å². The maximum Gasteiger partial charge on any atom is 0.169 e. The first-order valence-corrected chi connectivity index (χ1v) is 8.13. The smallest absolute Gasteiger partial charge is 0.169 e. The monoisotopic (exact) mass is 315 g/mol. The Labute approximate surface area is 144 Å². The van der Waals surface area contributed by atoms with Crippen molar-refractivity contribution >= 4 is 28.6 Å². The van der Waals surface area contributed by atoms with Crippen molar-refractivity contribution in [2.75, 3.05) is 19.0 Å². The molecule has 2 heteroatoms. The normalized spacial score (nSPS) is 11.6. The Bertz CT molecular complexity index is 887. The Morgan fingerprint density at radius 3 is 2.08 bits per heavy atom. The molecule has 0 aliphatic carbocycles. The number of hydrogen-bond acceptors (Lipinski definition) is 1. The van der Waals surface area contributed by atoms with Crippen LogP contribution in [0.5, 0.6) is 0 Å². The number of nitrogens with zero attached hydrogens (tertiary/aromatic N) is 2. The van der Waals surface area contributed by atoms with E-state index in [1.807, 2.05) is 11.6 Å². The Morgan fingerprint density at radius 2 is 1.38 bits per heavy atom. The van der Waals surface area contributed by atoms with Crippen LogP contribution in [-0.2, 0) is 7.05 Å². The highest BCUT2D eigenvalue weighted by Gasteiger charge is 1.98. The van der Waals surface area contributed by atoms with Crippen molar-refractivity contribution < 1.29 is 4.57 Å². The highest BCUT2D eigenvalue weighted by atomic mass is 15.1. The SMILES string of the molecule is CN(C)c1ccc2cc(/C=C/C=C/c3cc[n+](C)cc3)ccc2c1. The van der Waals surface area contributed by atoms with E-state index in [1.54, 1.807) is 0 Å². The molecule has 0 saturated heterocycles. The molecule has 1 aromatic heterocycles. The van der Waals surface area contributed by atoms with Crippen LogP contribution in [0.2, 0.25) is 0 Å². The average Bonchev–Trinajstić information content (AvgIpc) is 2.59. The van der Waals surface area contributed by atoms with Gasteiger partial charge in [0.2, 0.25) is 0 Å². The zero-order valence-corrected chi connectivity index (χ0v) is 14.5. The molecule has 0 atom stereocenters. The van der Waals surface area contributed by atoms with Gasteiger partial charge in [-0.1, -0.05) is 42.5 Å². The van der Waals surface area contributed by atoms with Crippen LogP contribution in [0.4, 0.5) is 5.69 Å². The molecule has 0 radical (unpaired) electrons. The van der Waals surface area contributed by atoms with Gasteiger partial charge in [0.15, 0.2) is 12.4 Å². The lowest BCUT2D eigenvalue weighted by Crippen LogP contribution is -2.25. The fourth-order valence-corrected chi connectivity index (χ4v) is 2.59. The summed E-state index contributed by atoms with van der Waals surface area (Å²) in [6.45, 7) is 0. The van der Waals surface area contributed by atoms with E-state index in [9.17, 15) is 0 Å². The van der Waals surface area contributed by atoms with Crippen molar-refractivity contribution in [1.82, 2.24) is 0 Å². The molecule has 2 nitrogen and oxygen atoms in total. The highest BCUT2D eigenvalue weighted by molar-refractivity contribution is 5.87. The predicted octanol–water partition coefficient (Wildman–Crippen LogP) is 4.46. The second-order valence-corrected chi connectivity index (χ2v) is 6.20. The molecule has 0 aliphatic rings. The summed E-state index contributed by atoms with van der Waals surface area (Å²) >= 11 is 0. The largest absolute Gasteiger partial charge is 0.378 e. The zero-order valence-electron chi connectivity index (χ0n) is 14.5. The van der Waals surface area contributed by atoms with Gasteiger partial charge in [-0.25, -0.2) is 4.57 Å². The molecule has 0 amide bonds. The van der Waals surface area contributed by atoms with Crippen molar-refractivity contribution in [3.63, 3.8) is 0 Å². The summed E-state index contributed by atoms with van der Waals surface area (Å²) in [7, 11) is 6.16. The van der Waals surface area contributed by atoms with E-state index in [-0.39, 0.29) is 0 Å². The van der Waals surface area contributed by atoms with Gasteiger partial charge in [0.05, 0.1) is 0 Å². The quantitative estimate of drug-likeness (QED) is 0.509. The third-order valence-corrected chi connectivity index (χ3v) is 4.06. The number of fused-ring (bicyclic) bond motifs is 1. The van der Waals surface area contributed by atoms with Gasteiger partial charge in [0.25, 0.3) is 0 Å². The van der Waals surface area contributed by atoms with Crippen molar-refractivity contribution in [1.29, 1.82) is 0 Å². The Balaban J connectivity index is 1.75. The first-order valence-electron chi connectivity index (χ1n) is 8.13. The number of aromatic nitrogens is 1. The molecule has 3 rings (SSSR count). The van der Waals surface area contributed by atoms with Crippen LogP contribution in [0.1, 0.15) is 11.1 Å². The summed E-state index contributed by atoms with van der Waals surface area (Å²) in [4.78, 5) is 2.13. The number of hydrogen-bond donors (Lipinski definition) is 0. The molecular formula is C22H23N2+. The lowest BCUT2D eigenvalue weighted by molar-refractivity contribution is -0.671. The highest BCUT2D eigenvalue weighted by Crippen LogP contribution is 2.22. The second kappa shape index (κ2) is 7.14. The standard InChI is InChI=1S/C22H23N2/c1-23(2)22-11-10-20-16-19(8-9-21(20)17-22)7-5-4-6-18-12-14-24(3)15-13-18/h4-17H,1-3H3/q+1. The maximum absolute atomic E-state index is 2.22. The third-order valence-electron chi connectivity index (χ3n) is 4.06. The number of allylic oxidation sites excluding steroid dienone is 2. The predicted molar refractivity (Wildman–Crippen MR) is 104 cm³/mol. The second-order valence-electron chi connectivity index (χ2n) is 6.20. The first kappa shape index (κ1) is 16.0. The van der Waals surface area contributed by atoms with E-state index < -0.39 is 0 Å². The minimum Gasteiger partial charge on any atom is -0.378 e. The first-order chi connectivity index (χ1) is 11.6. The summed E-state index contributed by atoms with van der Waals surface area (Å²) in [6, 6.07) is 17.3. The number of aryl methyl sites for hydroxylation is 1. The topological polar surface area (TPSA) is 7.12 Å². The van der Waals surface area contributed by atoms with E-state index in [0.717, 1.165) is 0 Å². The van der Waals surface area contributed by atoms with Crippen LogP contribution in [-0.4, -0.2) is 14.1 Å². The summed E-state index contributed by atoms with van der Waals surface area (Å²) < 4.78 is 2.03. The number of benzene rings is 2. The van der Waals surface area contributed by atoms with E-state index >= 15 is 0 Å². The van der Waals surface area contributed by atoms with Gasteiger partial charge in [-0.15, -0.1) is 0 Å². The van der Waals surface area contributed by atoms with Gasteiger partial charge < -0.3 is 4.90 Å². The van der Waals surface area contributed by atoms with Crippen molar-refractivity contribution in [3.05, 3.63) is 84.2 Å². The van der Waals surface area contributed by atoms with Gasteiger partial charge in [0.1, 0.15) is 7.05 Å².